The van der Waals surface area contributed by atoms with Crippen LogP contribution in [-0.2, 0) is 27.8 Å². The van der Waals surface area contributed by atoms with Gasteiger partial charge in [-0.1, -0.05) is 36.4 Å². The summed E-state index contributed by atoms with van der Waals surface area (Å²) >= 11 is 0. The molecule has 0 saturated carbocycles. The number of rotatable bonds is 6. The fourth-order valence-corrected chi connectivity index (χ4v) is 4.47. The van der Waals surface area contributed by atoms with Gasteiger partial charge in [0.25, 0.3) is 0 Å². The van der Waals surface area contributed by atoms with Gasteiger partial charge in [0.1, 0.15) is 0 Å². The van der Waals surface area contributed by atoms with Gasteiger partial charge < -0.3 is 4.74 Å². The molecule has 1 saturated heterocycles. The SMILES string of the molecule is Cc1ccc(C)c(S(=O)(=O)NCc2ccccc2CN2CCOCC2)c1. The van der Waals surface area contributed by atoms with Crippen LogP contribution in [0.15, 0.2) is 47.4 Å². The van der Waals surface area contributed by atoms with Gasteiger partial charge in [-0.25, -0.2) is 13.1 Å². The Hall–Kier alpha value is -1.73. The van der Waals surface area contributed by atoms with Gasteiger partial charge in [0.05, 0.1) is 18.1 Å². The monoisotopic (exact) mass is 374 g/mol. The second-order valence-corrected chi connectivity index (χ2v) is 8.49. The predicted octanol–water partition coefficient (Wildman–Crippen LogP) is 2.61. The molecular formula is C20H26N2O3S. The number of morpholine rings is 1. The van der Waals surface area contributed by atoms with Crippen LogP contribution in [-0.4, -0.2) is 39.6 Å². The molecule has 1 aliphatic rings. The van der Waals surface area contributed by atoms with E-state index >= 15 is 0 Å². The van der Waals surface area contributed by atoms with E-state index in [0.29, 0.717) is 4.90 Å². The molecule has 0 unspecified atom stereocenters. The van der Waals surface area contributed by atoms with Crippen LogP contribution in [0.25, 0.3) is 0 Å². The zero-order chi connectivity index (χ0) is 18.6. The Morgan fingerprint density at radius 1 is 1.04 bits per heavy atom. The summed E-state index contributed by atoms with van der Waals surface area (Å²) in [4.78, 5) is 2.69. The Balaban J connectivity index is 1.74. The maximum Gasteiger partial charge on any atom is 0.241 e. The second kappa shape index (κ2) is 8.31. The minimum absolute atomic E-state index is 0.288. The van der Waals surface area contributed by atoms with Crippen LogP contribution in [0.1, 0.15) is 22.3 Å². The van der Waals surface area contributed by atoms with Crippen LogP contribution >= 0.6 is 0 Å². The summed E-state index contributed by atoms with van der Waals surface area (Å²) in [5.41, 5.74) is 3.85. The summed E-state index contributed by atoms with van der Waals surface area (Å²) in [6.07, 6.45) is 0. The number of sulfonamides is 1. The lowest BCUT2D eigenvalue weighted by atomic mass is 10.1. The van der Waals surface area contributed by atoms with Gasteiger partial charge in [-0.15, -0.1) is 0 Å². The van der Waals surface area contributed by atoms with Gasteiger partial charge in [0.2, 0.25) is 10.0 Å². The average Bonchev–Trinajstić information content (AvgIpc) is 2.64. The van der Waals surface area contributed by atoms with E-state index in [2.05, 4.69) is 15.7 Å². The molecule has 26 heavy (non-hydrogen) atoms. The fraction of sp³-hybridized carbons (Fsp3) is 0.400. The quantitative estimate of drug-likeness (QED) is 0.844. The van der Waals surface area contributed by atoms with E-state index in [1.165, 1.54) is 0 Å². The summed E-state index contributed by atoms with van der Waals surface area (Å²) < 4.78 is 33.6. The van der Waals surface area contributed by atoms with Crippen molar-refractivity contribution in [1.29, 1.82) is 0 Å². The molecule has 0 bridgehead atoms. The van der Waals surface area contributed by atoms with Crippen LogP contribution in [0.4, 0.5) is 0 Å². The summed E-state index contributed by atoms with van der Waals surface area (Å²) in [7, 11) is -3.55. The number of benzene rings is 2. The summed E-state index contributed by atoms with van der Waals surface area (Å²) in [5.74, 6) is 0. The van der Waals surface area contributed by atoms with Crippen LogP contribution in [0.3, 0.4) is 0 Å². The van der Waals surface area contributed by atoms with E-state index < -0.39 is 10.0 Å². The lowest BCUT2D eigenvalue weighted by Gasteiger charge is -2.27. The Labute approximate surface area is 156 Å². The zero-order valence-corrected chi connectivity index (χ0v) is 16.2. The third kappa shape index (κ3) is 4.71. The third-order valence-corrected chi connectivity index (χ3v) is 6.25. The Bertz CT molecular complexity index is 859. The number of nitrogens with zero attached hydrogens (tertiary/aromatic N) is 1. The molecule has 0 radical (unpaired) electrons. The van der Waals surface area contributed by atoms with Gasteiger partial charge >= 0.3 is 0 Å². The van der Waals surface area contributed by atoms with Crippen LogP contribution in [0.2, 0.25) is 0 Å². The number of ether oxygens (including phenoxy) is 1. The van der Waals surface area contributed by atoms with E-state index in [0.717, 1.165) is 55.1 Å². The highest BCUT2D eigenvalue weighted by atomic mass is 32.2. The molecule has 1 fully saturated rings. The fourth-order valence-electron chi connectivity index (χ4n) is 3.13. The largest absolute Gasteiger partial charge is 0.379 e. The van der Waals surface area contributed by atoms with Gasteiger partial charge in [0, 0.05) is 26.2 Å². The van der Waals surface area contributed by atoms with Crippen molar-refractivity contribution < 1.29 is 13.2 Å². The summed E-state index contributed by atoms with van der Waals surface area (Å²) in [6, 6.07) is 13.5. The molecule has 2 aromatic carbocycles. The molecule has 1 aliphatic heterocycles. The van der Waals surface area contributed by atoms with Gasteiger partial charge in [0.15, 0.2) is 0 Å². The Morgan fingerprint density at radius 3 is 2.46 bits per heavy atom. The van der Waals surface area contributed by atoms with Crippen molar-refractivity contribution in [2.45, 2.75) is 31.8 Å². The molecule has 0 atom stereocenters. The molecule has 0 aromatic heterocycles. The van der Waals surface area contributed by atoms with Crippen molar-refractivity contribution in [2.24, 2.45) is 0 Å². The van der Waals surface area contributed by atoms with E-state index in [4.69, 9.17) is 4.74 Å². The number of aryl methyl sites for hydroxylation is 2. The van der Waals surface area contributed by atoms with Gasteiger partial charge in [-0.2, -0.15) is 0 Å². The highest BCUT2D eigenvalue weighted by Crippen LogP contribution is 2.18. The zero-order valence-electron chi connectivity index (χ0n) is 15.4. The Kier molecular flexibility index (Phi) is 6.09. The number of hydrogen-bond acceptors (Lipinski definition) is 4. The number of hydrogen-bond donors (Lipinski definition) is 1. The highest BCUT2D eigenvalue weighted by molar-refractivity contribution is 7.89. The maximum atomic E-state index is 12.7. The first kappa shape index (κ1) is 19.0. The van der Waals surface area contributed by atoms with Crippen molar-refractivity contribution in [2.75, 3.05) is 26.3 Å². The highest BCUT2D eigenvalue weighted by Gasteiger charge is 2.18. The lowest BCUT2D eigenvalue weighted by Crippen LogP contribution is -2.36. The van der Waals surface area contributed by atoms with Crippen LogP contribution in [0.5, 0.6) is 0 Å². The maximum absolute atomic E-state index is 12.7. The average molecular weight is 375 g/mol. The van der Waals surface area contributed by atoms with Crippen LogP contribution in [0, 0.1) is 13.8 Å². The molecule has 1 heterocycles. The minimum atomic E-state index is -3.55. The molecule has 0 spiro atoms. The molecule has 0 aliphatic carbocycles. The normalized spacial score (nSPS) is 15.9. The molecule has 1 N–H and O–H groups in total. The van der Waals surface area contributed by atoms with Gasteiger partial charge in [-0.3, -0.25) is 4.90 Å². The molecule has 140 valence electrons. The van der Waals surface area contributed by atoms with Crippen molar-refractivity contribution >= 4 is 10.0 Å². The van der Waals surface area contributed by atoms with E-state index in [1.807, 2.05) is 44.2 Å². The first-order chi connectivity index (χ1) is 12.5. The molecule has 5 nitrogen and oxygen atoms in total. The van der Waals surface area contributed by atoms with E-state index in [1.54, 1.807) is 6.07 Å². The van der Waals surface area contributed by atoms with Crippen molar-refractivity contribution in [1.82, 2.24) is 9.62 Å². The number of nitrogens with one attached hydrogen (secondary N) is 1. The standard InChI is InChI=1S/C20H26N2O3S/c1-16-7-8-17(2)20(13-16)26(23,24)21-14-18-5-3-4-6-19(18)15-22-9-11-25-12-10-22/h3-8,13,21H,9-12,14-15H2,1-2H3. The van der Waals surface area contributed by atoms with Crippen molar-refractivity contribution in [3.63, 3.8) is 0 Å². The molecule has 3 rings (SSSR count). The predicted molar refractivity (Wildman–Crippen MR) is 102 cm³/mol. The molecule has 6 heteroatoms. The summed E-state index contributed by atoms with van der Waals surface area (Å²) in [5, 5.41) is 0. The van der Waals surface area contributed by atoms with Crippen molar-refractivity contribution in [3.05, 3.63) is 64.7 Å². The topological polar surface area (TPSA) is 58.6 Å². The second-order valence-electron chi connectivity index (χ2n) is 6.75. The van der Waals surface area contributed by atoms with E-state index in [-0.39, 0.29) is 6.54 Å². The lowest BCUT2D eigenvalue weighted by molar-refractivity contribution is 0.0341. The van der Waals surface area contributed by atoms with E-state index in [9.17, 15) is 8.42 Å². The molecule has 0 amide bonds. The molecule has 2 aromatic rings. The molecular weight excluding hydrogens is 348 g/mol. The smallest absolute Gasteiger partial charge is 0.241 e. The first-order valence-corrected chi connectivity index (χ1v) is 10.4. The minimum Gasteiger partial charge on any atom is -0.379 e. The first-order valence-electron chi connectivity index (χ1n) is 8.89. The van der Waals surface area contributed by atoms with Crippen LogP contribution < -0.4 is 4.72 Å². The van der Waals surface area contributed by atoms with Gasteiger partial charge in [-0.05, 0) is 42.2 Å². The summed E-state index contributed by atoms with van der Waals surface area (Å²) in [6.45, 7) is 8.13. The van der Waals surface area contributed by atoms with Crippen molar-refractivity contribution in [3.8, 4) is 0 Å². The third-order valence-electron chi connectivity index (χ3n) is 4.70. The Morgan fingerprint density at radius 2 is 1.73 bits per heavy atom.